The van der Waals surface area contributed by atoms with E-state index in [4.69, 9.17) is 11.5 Å². The van der Waals surface area contributed by atoms with Gasteiger partial charge in [0.1, 0.15) is 36.3 Å². The average molecular weight is 961 g/mol. The highest BCUT2D eigenvalue weighted by atomic mass is 16.4. The zero-order valence-corrected chi connectivity index (χ0v) is 39.4. The number of aliphatic carboxylic acids is 2. The van der Waals surface area contributed by atoms with Crippen LogP contribution >= 0.6 is 0 Å². The van der Waals surface area contributed by atoms with Gasteiger partial charge in [0.25, 0.3) is 0 Å². The maximum atomic E-state index is 14.1. The lowest BCUT2D eigenvalue weighted by Crippen LogP contribution is -2.59. The van der Waals surface area contributed by atoms with Crippen LogP contribution in [0.3, 0.4) is 0 Å². The molecule has 7 atom stereocenters. The van der Waals surface area contributed by atoms with Crippen LogP contribution in [0.2, 0.25) is 0 Å². The van der Waals surface area contributed by atoms with Crippen LogP contribution in [0.15, 0.2) is 30.3 Å². The predicted octanol–water partition coefficient (Wildman–Crippen LogP) is -2.24. The van der Waals surface area contributed by atoms with Crippen molar-refractivity contribution in [1.29, 1.82) is 0 Å². The van der Waals surface area contributed by atoms with Crippen molar-refractivity contribution in [1.82, 2.24) is 42.1 Å². The number of carboxylic acid groups (broad SMARTS) is 2. The maximum absolute atomic E-state index is 14.1. The number of rotatable bonds is 31. The normalized spacial score (nSPS) is 16.0. The minimum atomic E-state index is -1.77. The highest BCUT2D eigenvalue weighted by Crippen LogP contribution is 2.19. The molecule has 1 aliphatic heterocycles. The molecule has 1 heterocycles. The average Bonchev–Trinajstić information content (AvgIpc) is 3.78. The van der Waals surface area contributed by atoms with Gasteiger partial charge in [-0.15, -0.1) is 0 Å². The molecule has 1 fully saturated rings. The number of amides is 8. The standard InChI is InChI=1S/C45H72N10O13/c1-26(2)21-29(47)39(62)50-31(15-16-37(58)59)43(66)54-34(24-38(60)61)41(64)49-25-36(57)55-19-10-14-35(55)45(68)51-30(13-8-9-17-46)42(65)53-33(23-28-11-6-5-7-12-28)44(67)52-32(22-27(3)4)40(63)48-18-20-56/h5-7,11-12,26-27,29-35,56H,8-10,13-25,46-47H2,1-4H3,(H,48,63)(H,49,64)(H,50,62)(H,51,68)(H,52,67)(H,53,65)(H,54,66)(H,58,59)(H,60,61)/t29-,30-,31-,32-,33-,34-,35-/m0/s1. The third-order valence-electron chi connectivity index (χ3n) is 10.9. The number of carbonyl (C=O) groups is 10. The first-order valence-corrected chi connectivity index (χ1v) is 23.1. The summed E-state index contributed by atoms with van der Waals surface area (Å²) in [6, 6.07) is 0.0174. The summed E-state index contributed by atoms with van der Waals surface area (Å²) in [5, 5.41) is 45.7. The summed E-state index contributed by atoms with van der Waals surface area (Å²) in [5.41, 5.74) is 12.3. The summed E-state index contributed by atoms with van der Waals surface area (Å²) < 4.78 is 0. The fourth-order valence-corrected chi connectivity index (χ4v) is 7.45. The molecule has 0 aliphatic carbocycles. The number of likely N-dealkylation sites (tertiary alicyclic amines) is 1. The molecule has 2 rings (SSSR count). The quantitative estimate of drug-likeness (QED) is 0.0350. The molecule has 380 valence electrons. The molecular weight excluding hydrogens is 889 g/mol. The van der Waals surface area contributed by atoms with Gasteiger partial charge < -0.3 is 68.9 Å². The molecule has 0 aromatic heterocycles. The minimum Gasteiger partial charge on any atom is -0.481 e. The van der Waals surface area contributed by atoms with E-state index in [1.165, 1.54) is 4.90 Å². The minimum absolute atomic E-state index is 0.00866. The first kappa shape index (κ1) is 57.9. The Morgan fingerprint density at radius 1 is 0.676 bits per heavy atom. The number of nitrogens with two attached hydrogens (primary N) is 2. The molecule has 14 N–H and O–H groups in total. The number of carbonyl (C=O) groups excluding carboxylic acids is 8. The van der Waals surface area contributed by atoms with E-state index in [-0.39, 0.29) is 63.6 Å². The third kappa shape index (κ3) is 21.2. The van der Waals surface area contributed by atoms with Gasteiger partial charge in [-0.05, 0) is 75.3 Å². The van der Waals surface area contributed by atoms with Crippen LogP contribution in [0, 0.1) is 11.8 Å². The molecule has 23 nitrogen and oxygen atoms in total. The van der Waals surface area contributed by atoms with E-state index in [2.05, 4.69) is 37.2 Å². The van der Waals surface area contributed by atoms with Gasteiger partial charge in [0.15, 0.2) is 0 Å². The number of nitrogens with one attached hydrogen (secondary N) is 7. The van der Waals surface area contributed by atoms with Crippen molar-refractivity contribution in [3.05, 3.63) is 35.9 Å². The Morgan fingerprint density at radius 2 is 1.25 bits per heavy atom. The monoisotopic (exact) mass is 961 g/mol. The lowest BCUT2D eigenvalue weighted by Gasteiger charge is -2.28. The Balaban J connectivity index is 2.25. The summed E-state index contributed by atoms with van der Waals surface area (Å²) in [6.45, 7) is 6.67. The van der Waals surface area contributed by atoms with Crippen molar-refractivity contribution in [3.8, 4) is 0 Å². The van der Waals surface area contributed by atoms with Gasteiger partial charge in [0.05, 0.1) is 25.6 Å². The second-order valence-corrected chi connectivity index (χ2v) is 17.7. The topological polar surface area (TPSA) is 371 Å². The largest absolute Gasteiger partial charge is 0.481 e. The zero-order chi connectivity index (χ0) is 50.9. The van der Waals surface area contributed by atoms with E-state index in [0.717, 1.165) is 0 Å². The first-order chi connectivity index (χ1) is 32.2. The van der Waals surface area contributed by atoms with E-state index in [0.29, 0.717) is 31.4 Å². The summed E-state index contributed by atoms with van der Waals surface area (Å²) in [7, 11) is 0. The van der Waals surface area contributed by atoms with Crippen LogP contribution in [0.4, 0.5) is 0 Å². The van der Waals surface area contributed by atoms with Gasteiger partial charge >= 0.3 is 11.9 Å². The van der Waals surface area contributed by atoms with E-state index in [1.54, 1.807) is 30.3 Å². The number of carboxylic acids is 2. The van der Waals surface area contributed by atoms with Gasteiger partial charge in [0, 0.05) is 25.9 Å². The van der Waals surface area contributed by atoms with Crippen molar-refractivity contribution in [3.63, 3.8) is 0 Å². The SMILES string of the molecule is CC(C)C[C@H](NC(=O)[C@H](Cc1ccccc1)NC(=O)[C@H](CCCCN)NC(=O)[C@@H]1CCCN1C(=O)CNC(=O)[C@H](CC(=O)O)NC(=O)[C@H](CCC(=O)O)NC(=O)[C@@H](N)CC(C)C)C(=O)NCCO. The number of aliphatic hydroxyl groups is 1. The number of aliphatic hydroxyl groups excluding tert-OH is 1. The Kier molecular flexibility index (Phi) is 25.8. The molecule has 0 unspecified atom stereocenters. The molecule has 8 amide bonds. The molecule has 1 aliphatic rings. The Bertz CT molecular complexity index is 1870. The van der Waals surface area contributed by atoms with Crippen LogP contribution in [-0.2, 0) is 54.4 Å². The third-order valence-corrected chi connectivity index (χ3v) is 10.9. The Hall–Kier alpha value is -6.20. The van der Waals surface area contributed by atoms with E-state index < -0.39 is 127 Å². The molecule has 0 radical (unpaired) electrons. The number of hydrogen-bond acceptors (Lipinski definition) is 13. The van der Waals surface area contributed by atoms with Gasteiger partial charge in [-0.25, -0.2) is 0 Å². The van der Waals surface area contributed by atoms with Crippen LogP contribution in [0.25, 0.3) is 0 Å². The highest BCUT2D eigenvalue weighted by Gasteiger charge is 2.38. The van der Waals surface area contributed by atoms with E-state index in [1.807, 2.05) is 27.7 Å². The summed E-state index contributed by atoms with van der Waals surface area (Å²) >= 11 is 0. The van der Waals surface area contributed by atoms with Crippen LogP contribution in [0.1, 0.15) is 97.5 Å². The number of unbranched alkanes of at least 4 members (excludes halogenated alkanes) is 1. The molecule has 1 saturated heterocycles. The van der Waals surface area contributed by atoms with Crippen molar-refractivity contribution in [2.24, 2.45) is 23.3 Å². The number of benzene rings is 1. The Labute approximate surface area is 396 Å². The van der Waals surface area contributed by atoms with Crippen molar-refractivity contribution in [2.75, 3.05) is 32.8 Å². The summed E-state index contributed by atoms with van der Waals surface area (Å²) in [5.74, 6) is -9.05. The lowest BCUT2D eigenvalue weighted by atomic mass is 10.0. The predicted molar refractivity (Wildman–Crippen MR) is 247 cm³/mol. The Morgan fingerprint density at radius 3 is 1.84 bits per heavy atom. The van der Waals surface area contributed by atoms with Gasteiger partial charge in [0.2, 0.25) is 47.3 Å². The second kappa shape index (κ2) is 30.2. The van der Waals surface area contributed by atoms with Crippen LogP contribution < -0.4 is 48.7 Å². The van der Waals surface area contributed by atoms with E-state index >= 15 is 0 Å². The number of nitrogens with zero attached hydrogens (tertiary/aromatic N) is 1. The fourth-order valence-electron chi connectivity index (χ4n) is 7.45. The fraction of sp³-hybridized carbons (Fsp3) is 0.644. The summed E-state index contributed by atoms with van der Waals surface area (Å²) in [4.78, 5) is 132. The van der Waals surface area contributed by atoms with E-state index in [9.17, 15) is 63.3 Å². The zero-order valence-electron chi connectivity index (χ0n) is 39.4. The smallest absolute Gasteiger partial charge is 0.305 e. The molecule has 68 heavy (non-hydrogen) atoms. The van der Waals surface area contributed by atoms with Crippen molar-refractivity contribution < 1.29 is 63.3 Å². The molecule has 0 bridgehead atoms. The highest BCUT2D eigenvalue weighted by molar-refractivity contribution is 5.98. The molecule has 0 saturated carbocycles. The van der Waals surface area contributed by atoms with Crippen LogP contribution in [0.5, 0.6) is 0 Å². The molecule has 0 spiro atoms. The van der Waals surface area contributed by atoms with Gasteiger partial charge in [-0.2, -0.15) is 0 Å². The van der Waals surface area contributed by atoms with Crippen LogP contribution in [-0.4, -0.2) is 154 Å². The molecular formula is C45H72N10O13. The molecule has 1 aromatic rings. The van der Waals surface area contributed by atoms with Crippen molar-refractivity contribution in [2.45, 2.75) is 141 Å². The molecule has 23 heteroatoms. The number of hydrogen-bond donors (Lipinski definition) is 12. The van der Waals surface area contributed by atoms with Gasteiger partial charge in [-0.3, -0.25) is 47.9 Å². The summed E-state index contributed by atoms with van der Waals surface area (Å²) in [6.07, 6.45) is 0.150. The first-order valence-electron chi connectivity index (χ1n) is 23.1. The lowest BCUT2D eigenvalue weighted by molar-refractivity contribution is -0.142. The van der Waals surface area contributed by atoms with Gasteiger partial charge in [-0.1, -0.05) is 58.0 Å². The van der Waals surface area contributed by atoms with Crippen molar-refractivity contribution >= 4 is 59.2 Å². The molecule has 1 aromatic carbocycles. The maximum Gasteiger partial charge on any atom is 0.305 e. The second-order valence-electron chi connectivity index (χ2n) is 17.7.